The molecule has 0 unspecified atom stereocenters. The maximum absolute atomic E-state index is 14.5. The van der Waals surface area contributed by atoms with Crippen LogP contribution in [0.3, 0.4) is 0 Å². The minimum absolute atomic E-state index is 0.256. The minimum atomic E-state index is -4.48. The Morgan fingerprint density at radius 1 is 0.806 bits per heavy atom. The second-order valence-electron chi connectivity index (χ2n) is 8.09. The molecule has 0 radical (unpaired) electrons. The van der Waals surface area contributed by atoms with Gasteiger partial charge in [-0.15, -0.1) is 0 Å². The third-order valence-corrected chi connectivity index (χ3v) is 9.34. The van der Waals surface area contributed by atoms with E-state index in [9.17, 15) is 16.8 Å². The molecule has 36 heavy (non-hydrogen) atoms. The number of ether oxygens (including phenoxy) is 1. The van der Waals surface area contributed by atoms with Crippen LogP contribution in [0.25, 0.3) is 10.8 Å². The van der Waals surface area contributed by atoms with Crippen LogP contribution in [0.5, 0.6) is 5.75 Å². The summed E-state index contributed by atoms with van der Waals surface area (Å²) in [6.07, 6.45) is 0. The first-order valence-electron chi connectivity index (χ1n) is 10.6. The molecule has 0 heterocycles. The number of hydrogen-bond acceptors (Lipinski definition) is 5. The highest BCUT2D eigenvalue weighted by molar-refractivity contribution is 7.93. The number of halogens is 2. The molecule has 0 amide bonds. The normalized spacial score (nSPS) is 12.1. The topological polar surface area (TPSA) is 107 Å². The molecular formula is C25H22Cl2N2O5S2. The van der Waals surface area contributed by atoms with Gasteiger partial charge in [0.2, 0.25) is 10.0 Å². The van der Waals surface area contributed by atoms with Crippen molar-refractivity contribution in [2.24, 2.45) is 5.14 Å². The number of nitrogens with two attached hydrogens (primary N) is 1. The average Bonchev–Trinajstić information content (AvgIpc) is 2.82. The Bertz CT molecular complexity index is 1670. The Morgan fingerprint density at radius 3 is 1.86 bits per heavy atom. The molecule has 0 aliphatic heterocycles. The van der Waals surface area contributed by atoms with E-state index in [-0.39, 0.29) is 26.6 Å². The van der Waals surface area contributed by atoms with E-state index < -0.39 is 20.0 Å². The molecule has 0 spiro atoms. The Balaban J connectivity index is 2.16. The van der Waals surface area contributed by atoms with Gasteiger partial charge in [-0.1, -0.05) is 41.4 Å². The number of nitrogens with zero attached hydrogens (tertiary/aromatic N) is 1. The van der Waals surface area contributed by atoms with Gasteiger partial charge in [-0.05, 0) is 78.9 Å². The monoisotopic (exact) mass is 564 g/mol. The summed E-state index contributed by atoms with van der Waals surface area (Å²) in [5.74, 6) is 0.395. The molecule has 4 aromatic carbocycles. The van der Waals surface area contributed by atoms with Crippen molar-refractivity contribution >= 4 is 65.4 Å². The van der Waals surface area contributed by atoms with Crippen LogP contribution >= 0.6 is 23.2 Å². The van der Waals surface area contributed by atoms with Gasteiger partial charge in [0, 0.05) is 15.4 Å². The van der Waals surface area contributed by atoms with Gasteiger partial charge in [0.25, 0.3) is 10.0 Å². The molecule has 0 aliphatic rings. The summed E-state index contributed by atoms with van der Waals surface area (Å²) in [5.41, 5.74) is 1.58. The minimum Gasteiger partial charge on any atom is -0.497 e. The van der Waals surface area contributed by atoms with Crippen LogP contribution < -0.4 is 14.2 Å². The number of hydrogen-bond donors (Lipinski definition) is 1. The van der Waals surface area contributed by atoms with Crippen molar-refractivity contribution in [1.29, 1.82) is 0 Å². The maximum atomic E-state index is 14.5. The van der Waals surface area contributed by atoms with Crippen molar-refractivity contribution in [3.05, 3.63) is 87.9 Å². The van der Waals surface area contributed by atoms with Crippen molar-refractivity contribution in [3.8, 4) is 5.75 Å². The molecular weight excluding hydrogens is 543 g/mol. The molecule has 0 fully saturated rings. The van der Waals surface area contributed by atoms with Crippen molar-refractivity contribution in [1.82, 2.24) is 0 Å². The molecule has 11 heteroatoms. The summed E-state index contributed by atoms with van der Waals surface area (Å²) in [4.78, 5) is -0.619. The zero-order chi connectivity index (χ0) is 26.4. The second-order valence-corrected chi connectivity index (χ2v) is 12.2. The molecule has 0 bridgehead atoms. The van der Waals surface area contributed by atoms with Crippen LogP contribution in [0.15, 0.2) is 76.5 Å². The molecule has 7 nitrogen and oxygen atoms in total. The first-order valence-corrected chi connectivity index (χ1v) is 14.3. The Labute approximate surface area is 220 Å². The van der Waals surface area contributed by atoms with E-state index in [0.29, 0.717) is 32.3 Å². The molecule has 0 saturated carbocycles. The third-order valence-electron chi connectivity index (χ3n) is 5.86. The fraction of sp³-hybridized carbons (Fsp3) is 0.120. The van der Waals surface area contributed by atoms with Crippen LogP contribution in [0.4, 0.5) is 11.4 Å². The van der Waals surface area contributed by atoms with E-state index in [1.54, 1.807) is 62.4 Å². The lowest BCUT2D eigenvalue weighted by Gasteiger charge is -2.29. The van der Waals surface area contributed by atoms with Gasteiger partial charge in [0.05, 0.1) is 28.3 Å². The number of benzene rings is 4. The standard InChI is InChI=1S/C25H22Cl2N2O5S2/c1-15-21(26)6-4-8-23(15)29(24-9-5-7-22(27)16(24)2)36(32,33)25-14-19(35(28,30)31)12-17-10-11-18(34-3)13-20(17)25/h4-14H,1-3H3,(H2,28,30,31). The number of methoxy groups -OCH3 is 1. The molecule has 0 aromatic heterocycles. The third kappa shape index (κ3) is 4.65. The van der Waals surface area contributed by atoms with Gasteiger partial charge in [0.15, 0.2) is 0 Å². The lowest BCUT2D eigenvalue weighted by molar-refractivity contribution is 0.415. The quantitative estimate of drug-likeness (QED) is 0.311. The summed E-state index contributed by atoms with van der Waals surface area (Å²) < 4.78 is 60.0. The van der Waals surface area contributed by atoms with Gasteiger partial charge < -0.3 is 4.74 Å². The maximum Gasteiger partial charge on any atom is 0.269 e. The van der Waals surface area contributed by atoms with Gasteiger partial charge in [-0.3, -0.25) is 0 Å². The van der Waals surface area contributed by atoms with Crippen LogP contribution in [-0.2, 0) is 20.0 Å². The number of primary sulfonamides is 1. The lowest BCUT2D eigenvalue weighted by atomic mass is 10.1. The molecule has 0 saturated heterocycles. The van der Waals surface area contributed by atoms with E-state index in [4.69, 9.17) is 33.1 Å². The largest absolute Gasteiger partial charge is 0.497 e. The van der Waals surface area contributed by atoms with Gasteiger partial charge in [-0.25, -0.2) is 26.3 Å². The average molecular weight is 566 g/mol. The number of anilines is 2. The number of fused-ring (bicyclic) bond motifs is 1. The van der Waals surface area contributed by atoms with Crippen molar-refractivity contribution in [2.45, 2.75) is 23.6 Å². The smallest absolute Gasteiger partial charge is 0.269 e. The predicted molar refractivity (Wildman–Crippen MR) is 144 cm³/mol. The van der Waals surface area contributed by atoms with Crippen LogP contribution in [0, 0.1) is 13.8 Å². The summed E-state index contributed by atoms with van der Waals surface area (Å²) in [7, 11) is -7.26. The fourth-order valence-corrected chi connectivity index (χ4v) is 6.73. The Morgan fingerprint density at radius 2 is 1.36 bits per heavy atom. The van der Waals surface area contributed by atoms with Crippen LogP contribution in [0.2, 0.25) is 10.0 Å². The van der Waals surface area contributed by atoms with Crippen molar-refractivity contribution in [2.75, 3.05) is 11.4 Å². The van der Waals surface area contributed by atoms with E-state index in [0.717, 1.165) is 10.4 Å². The van der Waals surface area contributed by atoms with Gasteiger partial charge in [0.1, 0.15) is 5.75 Å². The molecule has 188 valence electrons. The summed E-state index contributed by atoms with van der Waals surface area (Å²) in [6, 6.07) is 16.9. The number of sulfonamides is 2. The Hall–Kier alpha value is -2.82. The zero-order valence-corrected chi connectivity index (χ0v) is 22.6. The van der Waals surface area contributed by atoms with E-state index in [1.165, 1.54) is 19.2 Å². The molecule has 2 N–H and O–H groups in total. The van der Waals surface area contributed by atoms with Crippen molar-refractivity contribution < 1.29 is 21.6 Å². The zero-order valence-electron chi connectivity index (χ0n) is 19.5. The first kappa shape index (κ1) is 26.2. The number of rotatable bonds is 6. The molecule has 4 aromatic rings. The molecule has 0 aliphatic carbocycles. The second kappa shape index (κ2) is 9.57. The molecule has 4 rings (SSSR count). The van der Waals surface area contributed by atoms with E-state index >= 15 is 0 Å². The lowest BCUT2D eigenvalue weighted by Crippen LogP contribution is -2.28. The summed E-state index contributed by atoms with van der Waals surface area (Å²) in [6.45, 7) is 3.39. The first-order chi connectivity index (χ1) is 16.9. The highest BCUT2D eigenvalue weighted by atomic mass is 35.5. The highest BCUT2D eigenvalue weighted by Crippen LogP contribution is 2.42. The van der Waals surface area contributed by atoms with Crippen LogP contribution in [-0.4, -0.2) is 23.9 Å². The summed E-state index contributed by atoms with van der Waals surface area (Å²) >= 11 is 12.7. The highest BCUT2D eigenvalue weighted by Gasteiger charge is 2.32. The predicted octanol–water partition coefficient (Wildman–Crippen LogP) is 5.95. The van der Waals surface area contributed by atoms with E-state index in [1.807, 2.05) is 0 Å². The van der Waals surface area contributed by atoms with Gasteiger partial charge in [-0.2, -0.15) is 0 Å². The summed E-state index contributed by atoms with van der Waals surface area (Å²) in [5, 5.41) is 6.73. The van der Waals surface area contributed by atoms with E-state index in [2.05, 4.69) is 0 Å². The Kier molecular flexibility index (Phi) is 6.98. The fourth-order valence-electron chi connectivity index (χ4n) is 3.90. The van der Waals surface area contributed by atoms with Crippen molar-refractivity contribution in [3.63, 3.8) is 0 Å². The molecule has 0 atom stereocenters. The SMILES string of the molecule is COc1ccc2cc(S(N)(=O)=O)cc(S(=O)(=O)N(c3cccc(Cl)c3C)c3cccc(Cl)c3C)c2c1. The van der Waals surface area contributed by atoms with Gasteiger partial charge >= 0.3 is 0 Å². The van der Waals surface area contributed by atoms with Crippen LogP contribution in [0.1, 0.15) is 11.1 Å².